The fourth-order valence-corrected chi connectivity index (χ4v) is 3.65. The van der Waals surface area contributed by atoms with Crippen LogP contribution in [-0.2, 0) is 0 Å². The molecular weight excluding hydrogens is 340 g/mol. The highest BCUT2D eigenvalue weighted by molar-refractivity contribution is 5.59. The molecular formula is C26H26N2. The maximum atomic E-state index is 3.69. The molecule has 1 aliphatic carbocycles. The second kappa shape index (κ2) is 7.77. The first-order chi connectivity index (χ1) is 13.6. The molecule has 0 bridgehead atoms. The second-order valence-corrected chi connectivity index (χ2v) is 7.51. The minimum atomic E-state index is -0.479. The van der Waals surface area contributed by atoms with Crippen molar-refractivity contribution in [3.05, 3.63) is 120 Å². The summed E-state index contributed by atoms with van der Waals surface area (Å²) in [6.07, 6.45) is 8.99. The average Bonchev–Trinajstić information content (AvgIpc) is 2.69. The fraction of sp³-hybridized carbons (Fsp3) is 0.154. The van der Waals surface area contributed by atoms with Crippen LogP contribution in [-0.4, -0.2) is 5.66 Å². The highest BCUT2D eigenvalue weighted by Gasteiger charge is 2.27. The van der Waals surface area contributed by atoms with Crippen molar-refractivity contribution in [1.82, 2.24) is 0 Å². The number of rotatable bonds is 5. The molecule has 0 amide bonds. The van der Waals surface area contributed by atoms with E-state index in [0.717, 1.165) is 11.4 Å². The van der Waals surface area contributed by atoms with E-state index in [1.165, 1.54) is 16.7 Å². The average molecular weight is 367 g/mol. The predicted molar refractivity (Wildman–Crippen MR) is 120 cm³/mol. The second-order valence-electron chi connectivity index (χ2n) is 7.51. The van der Waals surface area contributed by atoms with Crippen LogP contribution in [0, 0.1) is 13.8 Å². The normalized spacial score (nSPS) is 15.4. The first-order valence-corrected chi connectivity index (χ1v) is 9.75. The number of aryl methyl sites for hydroxylation is 2. The fourth-order valence-electron chi connectivity index (χ4n) is 3.65. The van der Waals surface area contributed by atoms with Crippen molar-refractivity contribution >= 4 is 11.4 Å². The molecule has 0 heterocycles. The van der Waals surface area contributed by atoms with E-state index < -0.39 is 5.66 Å². The van der Waals surface area contributed by atoms with Crippen LogP contribution in [0.4, 0.5) is 11.4 Å². The van der Waals surface area contributed by atoms with E-state index in [2.05, 4.69) is 128 Å². The molecule has 1 aliphatic rings. The molecule has 140 valence electrons. The molecule has 0 saturated carbocycles. The third-order valence-electron chi connectivity index (χ3n) is 5.06. The molecule has 0 radical (unpaired) electrons. The van der Waals surface area contributed by atoms with Gasteiger partial charge in [-0.1, -0.05) is 66.7 Å². The van der Waals surface area contributed by atoms with Gasteiger partial charge in [0.25, 0.3) is 0 Å². The summed E-state index contributed by atoms with van der Waals surface area (Å²) < 4.78 is 0. The molecule has 3 aromatic carbocycles. The molecule has 0 spiro atoms. The first-order valence-electron chi connectivity index (χ1n) is 9.75. The van der Waals surface area contributed by atoms with Gasteiger partial charge in [-0.05, 0) is 67.0 Å². The van der Waals surface area contributed by atoms with Gasteiger partial charge in [0.1, 0.15) is 5.66 Å². The van der Waals surface area contributed by atoms with Crippen molar-refractivity contribution < 1.29 is 0 Å². The van der Waals surface area contributed by atoms with Crippen LogP contribution in [0.25, 0.3) is 0 Å². The summed E-state index contributed by atoms with van der Waals surface area (Å²) in [6.45, 7) is 4.23. The lowest BCUT2D eigenvalue weighted by molar-refractivity contribution is 0.785. The van der Waals surface area contributed by atoms with E-state index >= 15 is 0 Å². The van der Waals surface area contributed by atoms with Gasteiger partial charge in [0.05, 0.1) is 0 Å². The summed E-state index contributed by atoms with van der Waals surface area (Å²) in [6, 6.07) is 27.6. The van der Waals surface area contributed by atoms with Crippen LogP contribution in [0.1, 0.15) is 22.6 Å². The molecule has 0 atom stereocenters. The maximum absolute atomic E-state index is 3.69. The Hall–Kier alpha value is -3.26. The van der Waals surface area contributed by atoms with Gasteiger partial charge in [0, 0.05) is 17.3 Å². The van der Waals surface area contributed by atoms with Crippen molar-refractivity contribution in [3.63, 3.8) is 0 Å². The highest BCUT2D eigenvalue weighted by atomic mass is 15.2. The van der Waals surface area contributed by atoms with E-state index in [4.69, 9.17) is 0 Å². The van der Waals surface area contributed by atoms with E-state index in [1.54, 1.807) is 0 Å². The number of benzene rings is 3. The third kappa shape index (κ3) is 4.17. The van der Waals surface area contributed by atoms with E-state index in [9.17, 15) is 0 Å². The van der Waals surface area contributed by atoms with E-state index in [0.29, 0.717) is 0 Å². The summed E-state index contributed by atoms with van der Waals surface area (Å²) in [5.41, 5.74) is 5.48. The van der Waals surface area contributed by atoms with Crippen molar-refractivity contribution in [2.45, 2.75) is 25.4 Å². The van der Waals surface area contributed by atoms with Gasteiger partial charge >= 0.3 is 0 Å². The zero-order valence-corrected chi connectivity index (χ0v) is 16.4. The molecule has 3 aromatic rings. The van der Waals surface area contributed by atoms with Crippen LogP contribution < -0.4 is 10.6 Å². The molecule has 2 N–H and O–H groups in total. The number of nitrogens with one attached hydrogen (secondary N) is 2. The molecule has 0 saturated heterocycles. The van der Waals surface area contributed by atoms with Crippen LogP contribution in [0.15, 0.2) is 103 Å². The lowest BCUT2D eigenvalue weighted by atomic mass is 9.90. The van der Waals surface area contributed by atoms with Crippen molar-refractivity contribution in [2.24, 2.45) is 0 Å². The largest absolute Gasteiger partial charge is 0.356 e. The minimum Gasteiger partial charge on any atom is -0.356 e. The molecule has 4 rings (SSSR count). The van der Waals surface area contributed by atoms with Crippen molar-refractivity contribution in [1.29, 1.82) is 0 Å². The molecule has 0 fully saturated rings. The Labute approximate surface area is 167 Å². The summed E-state index contributed by atoms with van der Waals surface area (Å²) in [5.74, 6) is 0.285. The van der Waals surface area contributed by atoms with Crippen molar-refractivity contribution in [2.75, 3.05) is 10.6 Å². The van der Waals surface area contributed by atoms with Crippen LogP contribution in [0.5, 0.6) is 0 Å². The van der Waals surface area contributed by atoms with Gasteiger partial charge in [-0.15, -0.1) is 0 Å². The predicted octanol–water partition coefficient (Wildman–Crippen LogP) is 6.43. The minimum absolute atomic E-state index is 0.285. The van der Waals surface area contributed by atoms with Crippen LogP contribution >= 0.6 is 0 Å². The Morgan fingerprint density at radius 3 is 1.68 bits per heavy atom. The topological polar surface area (TPSA) is 24.1 Å². The molecule has 28 heavy (non-hydrogen) atoms. The zero-order chi connectivity index (χ0) is 19.4. The van der Waals surface area contributed by atoms with Gasteiger partial charge in [0.2, 0.25) is 0 Å². The number of hydrogen-bond donors (Lipinski definition) is 2. The molecule has 2 nitrogen and oxygen atoms in total. The number of hydrogen-bond acceptors (Lipinski definition) is 2. The van der Waals surface area contributed by atoms with Gasteiger partial charge in [-0.2, -0.15) is 0 Å². The summed E-state index contributed by atoms with van der Waals surface area (Å²) in [5, 5.41) is 7.38. The van der Waals surface area contributed by atoms with Crippen molar-refractivity contribution in [3.8, 4) is 0 Å². The first kappa shape index (κ1) is 18.1. The third-order valence-corrected chi connectivity index (χ3v) is 5.06. The standard InChI is InChI=1S/C26H26N2/c1-20-8-6-12-24(18-20)27-26(28-25-13-7-9-21(2)19-25)16-14-23(15-17-26)22-10-4-3-5-11-22/h3-19,23,27-28H,1-2H3. The van der Waals surface area contributed by atoms with E-state index in [1.807, 2.05) is 0 Å². The Balaban J connectivity index is 1.65. The Morgan fingerprint density at radius 1 is 0.643 bits per heavy atom. The smallest absolute Gasteiger partial charge is 0.147 e. The highest BCUT2D eigenvalue weighted by Crippen LogP contribution is 2.30. The van der Waals surface area contributed by atoms with Gasteiger partial charge in [0.15, 0.2) is 0 Å². The Kier molecular flexibility index (Phi) is 5.03. The monoisotopic (exact) mass is 366 g/mol. The number of allylic oxidation sites excluding steroid dienone is 2. The van der Waals surface area contributed by atoms with Gasteiger partial charge in [-0.25, -0.2) is 0 Å². The van der Waals surface area contributed by atoms with Gasteiger partial charge in [-0.3, -0.25) is 0 Å². The maximum Gasteiger partial charge on any atom is 0.147 e. The SMILES string of the molecule is Cc1cccc(NC2(Nc3cccc(C)c3)C=CC(c3ccccc3)C=C2)c1. The lowest BCUT2D eigenvalue weighted by Crippen LogP contribution is -2.43. The zero-order valence-electron chi connectivity index (χ0n) is 16.4. The Morgan fingerprint density at radius 2 is 1.18 bits per heavy atom. The summed E-state index contributed by atoms with van der Waals surface area (Å²) in [4.78, 5) is 0. The van der Waals surface area contributed by atoms with E-state index in [-0.39, 0.29) is 5.92 Å². The molecule has 0 aromatic heterocycles. The quantitative estimate of drug-likeness (QED) is 0.401. The van der Waals surface area contributed by atoms with Gasteiger partial charge < -0.3 is 10.6 Å². The van der Waals surface area contributed by atoms with Crippen LogP contribution in [0.2, 0.25) is 0 Å². The molecule has 0 unspecified atom stereocenters. The Bertz CT molecular complexity index is 938. The van der Waals surface area contributed by atoms with Crippen LogP contribution in [0.3, 0.4) is 0 Å². The number of anilines is 2. The molecule has 2 heteroatoms. The lowest BCUT2D eigenvalue weighted by Gasteiger charge is -2.35. The summed E-state index contributed by atoms with van der Waals surface area (Å²) in [7, 11) is 0. The molecule has 0 aliphatic heterocycles. The summed E-state index contributed by atoms with van der Waals surface area (Å²) >= 11 is 0.